The highest BCUT2D eigenvalue weighted by Crippen LogP contribution is 2.31. The quantitative estimate of drug-likeness (QED) is 0.459. The van der Waals surface area contributed by atoms with Gasteiger partial charge in [0.15, 0.2) is 0 Å². The van der Waals surface area contributed by atoms with E-state index in [1.807, 2.05) is 30.3 Å². The molecule has 0 unspecified atom stereocenters. The van der Waals surface area contributed by atoms with Crippen molar-refractivity contribution in [1.82, 2.24) is 9.71 Å². The summed E-state index contributed by atoms with van der Waals surface area (Å²) in [5, 5.41) is 3.85. The van der Waals surface area contributed by atoms with Crippen molar-refractivity contribution in [3.8, 4) is 10.6 Å². The average Bonchev–Trinajstić information content (AvgIpc) is 3.10. The van der Waals surface area contributed by atoms with E-state index in [-0.39, 0.29) is 5.91 Å². The van der Waals surface area contributed by atoms with Crippen molar-refractivity contribution in [3.05, 3.63) is 48.0 Å². The van der Waals surface area contributed by atoms with Gasteiger partial charge in [-0.2, -0.15) is 0 Å². The van der Waals surface area contributed by atoms with Crippen LogP contribution in [0.5, 0.6) is 0 Å². The number of carbonyl (C=O) groups excluding carboxylic acids is 1. The van der Waals surface area contributed by atoms with Gasteiger partial charge >= 0.3 is 0 Å². The molecule has 0 aliphatic carbocycles. The summed E-state index contributed by atoms with van der Waals surface area (Å²) in [6, 6.07) is 13.9. The van der Waals surface area contributed by atoms with Crippen LogP contribution in [0.4, 0.5) is 5.69 Å². The molecule has 31 heavy (non-hydrogen) atoms. The van der Waals surface area contributed by atoms with Crippen LogP contribution in [0.1, 0.15) is 45.6 Å². The molecule has 2 aromatic carbocycles. The van der Waals surface area contributed by atoms with Crippen molar-refractivity contribution < 1.29 is 13.2 Å². The molecule has 166 valence electrons. The maximum absolute atomic E-state index is 12.2. The predicted octanol–water partition coefficient (Wildman–Crippen LogP) is 5.10. The molecule has 0 aliphatic rings. The number of thiazole rings is 1. The summed E-state index contributed by atoms with van der Waals surface area (Å²) < 4.78 is 26.9. The number of benzene rings is 2. The molecule has 3 rings (SSSR count). The van der Waals surface area contributed by atoms with E-state index in [2.05, 4.69) is 34.1 Å². The van der Waals surface area contributed by atoms with Crippen LogP contribution in [0.25, 0.3) is 20.8 Å². The molecule has 1 heterocycles. The van der Waals surface area contributed by atoms with Crippen LogP contribution in [0.2, 0.25) is 0 Å². The standard InChI is InChI=1S/C23H29N3O3S2/c1-16-8-13-19-20(15-16)30-22(26-19)17-9-11-18(12-10-17)25-21(27)7-5-6-14-24-31(28,29)23(2,3)4/h8-13,15,24H,5-7,14H2,1-4H3,(H,25,27). The number of fused-ring (bicyclic) bond motifs is 1. The van der Waals surface area contributed by atoms with Gasteiger partial charge in [-0.15, -0.1) is 11.3 Å². The monoisotopic (exact) mass is 459 g/mol. The van der Waals surface area contributed by atoms with Gasteiger partial charge in [0.25, 0.3) is 0 Å². The van der Waals surface area contributed by atoms with Gasteiger partial charge in [0.1, 0.15) is 5.01 Å². The lowest BCUT2D eigenvalue weighted by atomic mass is 10.2. The van der Waals surface area contributed by atoms with Crippen LogP contribution in [0.15, 0.2) is 42.5 Å². The Bertz CT molecular complexity index is 1160. The first-order valence-electron chi connectivity index (χ1n) is 10.3. The zero-order chi connectivity index (χ0) is 22.6. The number of carbonyl (C=O) groups is 1. The number of unbranched alkanes of at least 4 members (excludes halogenated alkanes) is 1. The SMILES string of the molecule is Cc1ccc2nc(-c3ccc(NC(=O)CCCCNS(=O)(=O)C(C)(C)C)cc3)sc2c1. The number of nitrogens with one attached hydrogen (secondary N) is 2. The van der Waals surface area contributed by atoms with Crippen molar-refractivity contribution in [1.29, 1.82) is 0 Å². The number of hydrogen-bond acceptors (Lipinski definition) is 5. The molecule has 0 atom stereocenters. The number of nitrogens with zero attached hydrogens (tertiary/aromatic N) is 1. The Morgan fingerprint density at radius 1 is 1.06 bits per heavy atom. The molecule has 1 aromatic heterocycles. The topological polar surface area (TPSA) is 88.2 Å². The second-order valence-electron chi connectivity index (χ2n) is 8.58. The Morgan fingerprint density at radius 3 is 2.45 bits per heavy atom. The molecule has 0 bridgehead atoms. The molecule has 0 spiro atoms. The average molecular weight is 460 g/mol. The van der Waals surface area contributed by atoms with Crippen LogP contribution in [-0.4, -0.2) is 30.6 Å². The summed E-state index contributed by atoms with van der Waals surface area (Å²) in [6.07, 6.45) is 1.57. The molecular weight excluding hydrogens is 430 g/mol. The van der Waals surface area contributed by atoms with Crippen molar-refractivity contribution in [2.75, 3.05) is 11.9 Å². The minimum absolute atomic E-state index is 0.0816. The first-order chi connectivity index (χ1) is 14.5. The molecule has 0 aliphatic heterocycles. The minimum atomic E-state index is -3.34. The van der Waals surface area contributed by atoms with E-state index in [0.29, 0.717) is 25.8 Å². The fourth-order valence-electron chi connectivity index (χ4n) is 2.91. The Balaban J connectivity index is 1.47. The summed E-state index contributed by atoms with van der Waals surface area (Å²) in [5.74, 6) is -0.0816. The number of hydrogen-bond donors (Lipinski definition) is 2. The molecule has 0 saturated carbocycles. The number of aromatic nitrogens is 1. The van der Waals surface area contributed by atoms with Gasteiger partial charge < -0.3 is 5.32 Å². The molecule has 8 heteroatoms. The lowest BCUT2D eigenvalue weighted by molar-refractivity contribution is -0.116. The summed E-state index contributed by atoms with van der Waals surface area (Å²) in [6.45, 7) is 7.38. The van der Waals surface area contributed by atoms with E-state index in [1.165, 1.54) is 5.56 Å². The highest BCUT2D eigenvalue weighted by atomic mass is 32.2. The molecular formula is C23H29N3O3S2. The fourth-order valence-corrected chi connectivity index (χ4v) is 4.82. The largest absolute Gasteiger partial charge is 0.326 e. The first kappa shape index (κ1) is 23.4. The van der Waals surface area contributed by atoms with Crippen molar-refractivity contribution >= 4 is 43.2 Å². The molecule has 0 radical (unpaired) electrons. The second kappa shape index (κ2) is 9.46. The van der Waals surface area contributed by atoms with Gasteiger partial charge in [0.05, 0.1) is 15.0 Å². The van der Waals surface area contributed by atoms with Gasteiger partial charge in [-0.1, -0.05) is 6.07 Å². The molecule has 0 saturated heterocycles. The van der Waals surface area contributed by atoms with Gasteiger partial charge in [-0.25, -0.2) is 18.1 Å². The molecule has 6 nitrogen and oxygen atoms in total. The van der Waals surface area contributed by atoms with E-state index in [9.17, 15) is 13.2 Å². The molecule has 3 aromatic rings. The Labute approximate surface area is 188 Å². The zero-order valence-electron chi connectivity index (χ0n) is 18.4. The summed E-state index contributed by atoms with van der Waals surface area (Å²) in [5.41, 5.74) is 3.96. The third-order valence-corrected chi connectivity index (χ3v) is 8.15. The number of amides is 1. The van der Waals surface area contributed by atoms with Crippen LogP contribution in [0.3, 0.4) is 0 Å². The van der Waals surface area contributed by atoms with Gasteiger partial charge in [0, 0.05) is 24.2 Å². The molecule has 0 fully saturated rings. The normalized spacial score (nSPS) is 12.3. The molecule has 1 amide bonds. The smallest absolute Gasteiger partial charge is 0.224 e. The minimum Gasteiger partial charge on any atom is -0.326 e. The lowest BCUT2D eigenvalue weighted by Crippen LogP contribution is -2.39. The summed E-state index contributed by atoms with van der Waals surface area (Å²) in [4.78, 5) is 16.9. The van der Waals surface area contributed by atoms with E-state index in [4.69, 9.17) is 0 Å². The van der Waals surface area contributed by atoms with Gasteiger partial charge in [-0.3, -0.25) is 4.79 Å². The van der Waals surface area contributed by atoms with Gasteiger partial charge in [-0.05, 0) is 82.5 Å². The van der Waals surface area contributed by atoms with Gasteiger partial charge in [0.2, 0.25) is 15.9 Å². The van der Waals surface area contributed by atoms with Crippen molar-refractivity contribution in [3.63, 3.8) is 0 Å². The van der Waals surface area contributed by atoms with Crippen molar-refractivity contribution in [2.24, 2.45) is 0 Å². The fraction of sp³-hybridized carbons (Fsp3) is 0.391. The summed E-state index contributed by atoms with van der Waals surface area (Å²) in [7, 11) is -3.34. The number of aryl methyl sites for hydroxylation is 1. The van der Waals surface area contributed by atoms with E-state index >= 15 is 0 Å². The maximum Gasteiger partial charge on any atom is 0.224 e. The van der Waals surface area contributed by atoms with E-state index in [0.717, 1.165) is 26.5 Å². The van der Waals surface area contributed by atoms with E-state index < -0.39 is 14.8 Å². The van der Waals surface area contributed by atoms with Crippen LogP contribution in [-0.2, 0) is 14.8 Å². The highest BCUT2D eigenvalue weighted by molar-refractivity contribution is 7.90. The summed E-state index contributed by atoms with van der Waals surface area (Å²) >= 11 is 1.66. The Kier molecular flexibility index (Phi) is 7.13. The third kappa shape index (κ3) is 6.12. The number of anilines is 1. The molecule has 2 N–H and O–H groups in total. The van der Waals surface area contributed by atoms with Crippen LogP contribution < -0.4 is 10.0 Å². The highest BCUT2D eigenvalue weighted by Gasteiger charge is 2.27. The number of sulfonamides is 1. The number of rotatable bonds is 8. The third-order valence-electron chi connectivity index (χ3n) is 4.89. The maximum atomic E-state index is 12.2. The van der Waals surface area contributed by atoms with Crippen LogP contribution >= 0.6 is 11.3 Å². The van der Waals surface area contributed by atoms with Crippen LogP contribution in [0, 0.1) is 6.92 Å². The Hall–Kier alpha value is -2.29. The Morgan fingerprint density at radius 2 is 1.77 bits per heavy atom. The predicted molar refractivity (Wildman–Crippen MR) is 129 cm³/mol. The lowest BCUT2D eigenvalue weighted by Gasteiger charge is -2.19. The first-order valence-corrected chi connectivity index (χ1v) is 12.6. The second-order valence-corrected chi connectivity index (χ2v) is 12.1. The zero-order valence-corrected chi connectivity index (χ0v) is 20.0. The van der Waals surface area contributed by atoms with Crippen molar-refractivity contribution in [2.45, 2.75) is 51.7 Å². The van der Waals surface area contributed by atoms with E-state index in [1.54, 1.807) is 32.1 Å².